The molecule has 1 atom stereocenters. The van der Waals surface area contributed by atoms with E-state index in [2.05, 4.69) is 32.4 Å². The van der Waals surface area contributed by atoms with Crippen LogP contribution >= 0.6 is 23.8 Å². The van der Waals surface area contributed by atoms with Crippen molar-refractivity contribution in [1.29, 1.82) is 0 Å². The van der Waals surface area contributed by atoms with Gasteiger partial charge in [0, 0.05) is 32.3 Å². The highest BCUT2D eigenvalue weighted by Gasteiger charge is 2.20. The van der Waals surface area contributed by atoms with Crippen LogP contribution in [0.25, 0.3) is 0 Å². The molecule has 122 valence electrons. The first-order valence-corrected chi connectivity index (χ1v) is 8.24. The first-order valence-electron chi connectivity index (χ1n) is 7.45. The van der Waals surface area contributed by atoms with Crippen molar-refractivity contribution in [3.63, 3.8) is 0 Å². The molecule has 8 heteroatoms. The van der Waals surface area contributed by atoms with Crippen LogP contribution in [-0.4, -0.2) is 47.9 Å². The zero-order valence-electron chi connectivity index (χ0n) is 12.9. The maximum Gasteiger partial charge on any atom is 0.232 e. The smallest absolute Gasteiger partial charge is 0.232 e. The Kier molecular flexibility index (Phi) is 6.60. The quantitative estimate of drug-likeness (QED) is 0.483. The molecule has 1 fully saturated rings. The highest BCUT2D eigenvalue weighted by molar-refractivity contribution is 7.80. The number of thiocarbonyl (C=S) groups is 1. The summed E-state index contributed by atoms with van der Waals surface area (Å²) in [5, 5.41) is 6.85. The van der Waals surface area contributed by atoms with E-state index in [0.717, 1.165) is 12.4 Å². The zero-order chi connectivity index (χ0) is 15.9. The zero-order valence-corrected chi connectivity index (χ0v) is 14.5. The van der Waals surface area contributed by atoms with Crippen molar-refractivity contribution >= 4 is 40.7 Å². The molecule has 0 spiro atoms. The molecule has 0 amide bonds. The molecule has 22 heavy (non-hydrogen) atoms. The number of anilines is 2. The second kappa shape index (κ2) is 8.45. The molecular weight excluding hydrogens is 322 g/mol. The molecule has 1 saturated heterocycles. The number of ether oxygens (including phenoxy) is 1. The largest absolute Gasteiger partial charge is 0.383 e. The van der Waals surface area contributed by atoms with Gasteiger partial charge in [0.25, 0.3) is 0 Å². The van der Waals surface area contributed by atoms with Crippen molar-refractivity contribution in [3.05, 3.63) is 11.2 Å². The van der Waals surface area contributed by atoms with E-state index >= 15 is 0 Å². The van der Waals surface area contributed by atoms with Gasteiger partial charge in [-0.15, -0.1) is 0 Å². The number of piperidine rings is 1. The minimum Gasteiger partial charge on any atom is -0.383 e. The molecule has 6 nitrogen and oxygen atoms in total. The van der Waals surface area contributed by atoms with Crippen LogP contribution < -0.4 is 15.5 Å². The van der Waals surface area contributed by atoms with E-state index < -0.39 is 0 Å². The van der Waals surface area contributed by atoms with E-state index in [1.54, 1.807) is 13.2 Å². The summed E-state index contributed by atoms with van der Waals surface area (Å²) in [5.41, 5.74) is 0. The first-order chi connectivity index (χ1) is 10.6. The molecule has 0 bridgehead atoms. The summed E-state index contributed by atoms with van der Waals surface area (Å²) < 4.78 is 4.96. The standard InChI is InChI=1S/C14H22ClN5OS/c1-10-5-3-4-7-20(10)12-9-11(15)17-13(18-12)19-14(22)16-6-8-21-2/h9-10H,3-8H2,1-2H3,(H2,16,17,18,19,22)/t10-/m1/s1. The summed E-state index contributed by atoms with van der Waals surface area (Å²) in [7, 11) is 1.64. The van der Waals surface area contributed by atoms with Crippen LogP contribution in [0, 0.1) is 0 Å². The van der Waals surface area contributed by atoms with Crippen molar-refractivity contribution in [2.45, 2.75) is 32.2 Å². The van der Waals surface area contributed by atoms with E-state index in [1.807, 2.05) is 0 Å². The molecule has 2 rings (SSSR count). The Labute approximate surface area is 141 Å². The van der Waals surface area contributed by atoms with Gasteiger partial charge in [0.1, 0.15) is 11.0 Å². The van der Waals surface area contributed by atoms with Crippen LogP contribution in [0.2, 0.25) is 5.15 Å². The Morgan fingerprint density at radius 1 is 1.50 bits per heavy atom. The number of nitrogens with zero attached hydrogens (tertiary/aromatic N) is 3. The van der Waals surface area contributed by atoms with Crippen LogP contribution in [0.15, 0.2) is 6.07 Å². The van der Waals surface area contributed by atoms with Gasteiger partial charge >= 0.3 is 0 Å². The third-order valence-electron chi connectivity index (χ3n) is 3.60. The summed E-state index contributed by atoms with van der Waals surface area (Å²) in [6, 6.07) is 2.26. The van der Waals surface area contributed by atoms with Crippen LogP contribution in [-0.2, 0) is 4.74 Å². The minimum atomic E-state index is 0.407. The number of nitrogens with one attached hydrogen (secondary N) is 2. The Bertz CT molecular complexity index is 516. The average molecular weight is 344 g/mol. The maximum absolute atomic E-state index is 6.13. The van der Waals surface area contributed by atoms with Crippen molar-refractivity contribution in [2.75, 3.05) is 37.0 Å². The van der Waals surface area contributed by atoms with Gasteiger partial charge in [-0.3, -0.25) is 0 Å². The molecule has 2 heterocycles. The average Bonchev–Trinajstić information content (AvgIpc) is 2.47. The Balaban J connectivity index is 2.04. The van der Waals surface area contributed by atoms with E-state index in [0.29, 0.717) is 35.4 Å². The van der Waals surface area contributed by atoms with Gasteiger partial charge in [-0.25, -0.2) is 4.98 Å². The molecule has 2 N–H and O–H groups in total. The first kappa shape index (κ1) is 17.2. The Morgan fingerprint density at radius 3 is 3.05 bits per heavy atom. The second-order valence-electron chi connectivity index (χ2n) is 5.28. The van der Waals surface area contributed by atoms with Gasteiger partial charge in [-0.2, -0.15) is 4.98 Å². The SMILES string of the molecule is COCCNC(=S)Nc1nc(Cl)cc(N2CCCC[C@H]2C)n1. The van der Waals surface area contributed by atoms with Crippen molar-refractivity contribution in [2.24, 2.45) is 0 Å². The van der Waals surface area contributed by atoms with Gasteiger partial charge < -0.3 is 20.3 Å². The molecule has 1 aromatic heterocycles. The summed E-state index contributed by atoms with van der Waals surface area (Å²) in [5.74, 6) is 1.25. The number of rotatable bonds is 5. The molecule has 0 aromatic carbocycles. The lowest BCUT2D eigenvalue weighted by atomic mass is 10.0. The number of methoxy groups -OCH3 is 1. The molecule has 1 aliphatic heterocycles. The summed E-state index contributed by atoms with van der Waals surface area (Å²) >= 11 is 11.3. The molecule has 1 aromatic rings. The van der Waals surface area contributed by atoms with Gasteiger partial charge in [0.05, 0.1) is 6.61 Å². The lowest BCUT2D eigenvalue weighted by molar-refractivity contribution is 0.204. The Hall–Kier alpha value is -1.18. The highest BCUT2D eigenvalue weighted by atomic mass is 35.5. The van der Waals surface area contributed by atoms with Crippen molar-refractivity contribution in [1.82, 2.24) is 15.3 Å². The summed E-state index contributed by atoms with van der Waals surface area (Å²) in [6.45, 7) is 4.40. The lowest BCUT2D eigenvalue weighted by Crippen LogP contribution is -2.38. The van der Waals surface area contributed by atoms with Crippen LogP contribution in [0.3, 0.4) is 0 Å². The van der Waals surface area contributed by atoms with Crippen molar-refractivity contribution < 1.29 is 4.74 Å². The fourth-order valence-corrected chi connectivity index (χ4v) is 2.83. The third kappa shape index (κ3) is 4.93. The molecular formula is C14H22ClN5OS. The van der Waals surface area contributed by atoms with Gasteiger partial charge in [-0.05, 0) is 38.4 Å². The molecule has 0 unspecified atom stereocenters. The van der Waals surface area contributed by atoms with Crippen molar-refractivity contribution in [3.8, 4) is 0 Å². The Morgan fingerprint density at radius 2 is 2.32 bits per heavy atom. The summed E-state index contributed by atoms with van der Waals surface area (Å²) in [4.78, 5) is 11.0. The molecule has 0 aliphatic carbocycles. The van der Waals surface area contributed by atoms with Gasteiger partial charge in [0.15, 0.2) is 5.11 Å². The van der Waals surface area contributed by atoms with Crippen LogP contribution in [0.5, 0.6) is 0 Å². The normalized spacial score (nSPS) is 18.1. The number of halogens is 1. The maximum atomic E-state index is 6.13. The summed E-state index contributed by atoms with van der Waals surface area (Å²) in [6.07, 6.45) is 3.60. The van der Waals surface area contributed by atoms with E-state index in [1.165, 1.54) is 19.3 Å². The van der Waals surface area contributed by atoms with E-state index in [4.69, 9.17) is 28.6 Å². The topological polar surface area (TPSA) is 62.3 Å². The lowest BCUT2D eigenvalue weighted by Gasteiger charge is -2.34. The van der Waals surface area contributed by atoms with Gasteiger partial charge in [0.2, 0.25) is 5.95 Å². The van der Waals surface area contributed by atoms with Crippen LogP contribution in [0.4, 0.5) is 11.8 Å². The molecule has 1 aliphatic rings. The fourth-order valence-electron chi connectivity index (χ4n) is 2.46. The second-order valence-corrected chi connectivity index (χ2v) is 6.08. The molecule has 0 saturated carbocycles. The fraction of sp³-hybridized carbons (Fsp3) is 0.643. The predicted octanol–water partition coefficient (Wildman–Crippen LogP) is 2.44. The van der Waals surface area contributed by atoms with E-state index in [-0.39, 0.29) is 0 Å². The molecule has 0 radical (unpaired) electrons. The third-order valence-corrected chi connectivity index (χ3v) is 4.04. The number of hydrogen-bond donors (Lipinski definition) is 2. The highest BCUT2D eigenvalue weighted by Crippen LogP contribution is 2.25. The van der Waals surface area contributed by atoms with Crippen LogP contribution in [0.1, 0.15) is 26.2 Å². The predicted molar refractivity (Wildman–Crippen MR) is 93.8 cm³/mol. The minimum absolute atomic E-state index is 0.407. The van der Waals surface area contributed by atoms with E-state index in [9.17, 15) is 0 Å². The number of aromatic nitrogens is 2. The number of hydrogen-bond acceptors (Lipinski definition) is 5. The van der Waals surface area contributed by atoms with Gasteiger partial charge in [-0.1, -0.05) is 11.6 Å². The monoisotopic (exact) mass is 343 g/mol.